The highest BCUT2D eigenvalue weighted by molar-refractivity contribution is 5.28. The molecule has 0 amide bonds. The second kappa shape index (κ2) is 13.0. The molecule has 1 nitrogen and oxygen atoms in total. The van der Waals surface area contributed by atoms with Crippen molar-refractivity contribution in [3.63, 3.8) is 0 Å². The van der Waals surface area contributed by atoms with Gasteiger partial charge in [-0.3, -0.25) is 0 Å². The van der Waals surface area contributed by atoms with E-state index in [0.29, 0.717) is 18.3 Å². The highest BCUT2D eigenvalue weighted by Gasteiger charge is 2.33. The van der Waals surface area contributed by atoms with Crippen LogP contribution in [0, 0.1) is 11.8 Å². The van der Waals surface area contributed by atoms with Gasteiger partial charge in [-0.1, -0.05) is 68.0 Å². The summed E-state index contributed by atoms with van der Waals surface area (Å²) in [5, 5.41) is 0. The first-order valence-electron chi connectivity index (χ1n) is 14.3. The standard InChI is InChI=1S/C33H44F2O/c1-3-5-6-26-9-15-30(16-10-26)31-19-21-32(22-20-31)33(34,35)36-24-23-27-11-17-29(18-12-27)28-13-7-25(4-2)8-14-28/h3,11-12,17-22,25-26,28,30H,1,4-10,13-16,23-24H2,2H3/t25-,26-,28-,30-. The molecule has 0 radical (unpaired) electrons. The van der Waals surface area contributed by atoms with Crippen molar-refractivity contribution in [1.29, 1.82) is 0 Å². The third kappa shape index (κ3) is 7.28. The SMILES string of the molecule is C=CCC[C@H]1CC[C@H](c2ccc(C(F)(F)OCCc3ccc([C@H]4CC[C@H](CC)CC4)cc3)cc2)CC1. The number of rotatable bonds is 11. The third-order valence-electron chi connectivity index (χ3n) is 8.89. The highest BCUT2D eigenvalue weighted by atomic mass is 19.3. The van der Waals surface area contributed by atoms with Crippen LogP contribution in [0.2, 0.25) is 0 Å². The Morgan fingerprint density at radius 3 is 1.86 bits per heavy atom. The van der Waals surface area contributed by atoms with Crippen LogP contribution in [0.25, 0.3) is 0 Å². The molecule has 2 aromatic carbocycles. The first-order chi connectivity index (χ1) is 17.5. The molecule has 2 fully saturated rings. The minimum atomic E-state index is -3.27. The van der Waals surface area contributed by atoms with Crippen molar-refractivity contribution < 1.29 is 13.5 Å². The maximum atomic E-state index is 14.7. The van der Waals surface area contributed by atoms with Gasteiger partial charge in [0.25, 0.3) is 0 Å². The molecule has 2 saturated carbocycles. The molecule has 2 aromatic rings. The van der Waals surface area contributed by atoms with E-state index in [9.17, 15) is 8.78 Å². The van der Waals surface area contributed by atoms with Crippen molar-refractivity contribution in [2.75, 3.05) is 6.61 Å². The number of ether oxygens (including phenoxy) is 1. The summed E-state index contributed by atoms with van der Waals surface area (Å²) in [6, 6.07) is 15.4. The smallest absolute Gasteiger partial charge is 0.316 e. The molecule has 4 rings (SSSR count). The van der Waals surface area contributed by atoms with Crippen LogP contribution in [0.5, 0.6) is 0 Å². The molecule has 36 heavy (non-hydrogen) atoms. The Bertz CT molecular complexity index is 917. The Morgan fingerprint density at radius 1 is 0.806 bits per heavy atom. The molecule has 0 aliphatic heterocycles. The average Bonchev–Trinajstić information content (AvgIpc) is 2.93. The normalized spacial score (nSPS) is 25.0. The number of hydrogen-bond donors (Lipinski definition) is 0. The highest BCUT2D eigenvalue weighted by Crippen LogP contribution is 2.39. The van der Waals surface area contributed by atoms with Crippen molar-refractivity contribution in [3.05, 3.63) is 83.4 Å². The van der Waals surface area contributed by atoms with Gasteiger partial charge in [0.2, 0.25) is 0 Å². The molecule has 0 heterocycles. The van der Waals surface area contributed by atoms with Gasteiger partial charge in [0.15, 0.2) is 0 Å². The van der Waals surface area contributed by atoms with Crippen LogP contribution in [-0.2, 0) is 17.3 Å². The van der Waals surface area contributed by atoms with Crippen LogP contribution in [0.15, 0.2) is 61.2 Å². The number of alkyl halides is 2. The second-order valence-electron chi connectivity index (χ2n) is 11.2. The molecular formula is C33H44F2O. The van der Waals surface area contributed by atoms with E-state index >= 15 is 0 Å². The monoisotopic (exact) mass is 494 g/mol. The number of allylic oxidation sites excluding steroid dienone is 1. The fourth-order valence-corrected chi connectivity index (χ4v) is 6.33. The summed E-state index contributed by atoms with van der Waals surface area (Å²) < 4.78 is 34.6. The van der Waals surface area contributed by atoms with Gasteiger partial charge in [0, 0.05) is 0 Å². The van der Waals surface area contributed by atoms with Gasteiger partial charge in [0.1, 0.15) is 0 Å². The molecule has 0 N–H and O–H groups in total. The van der Waals surface area contributed by atoms with Gasteiger partial charge < -0.3 is 4.74 Å². The Labute approximate surface area is 217 Å². The Kier molecular flexibility index (Phi) is 9.76. The van der Waals surface area contributed by atoms with Gasteiger partial charge in [0.05, 0.1) is 12.2 Å². The molecular weight excluding hydrogens is 450 g/mol. The summed E-state index contributed by atoms with van der Waals surface area (Å²) in [5.41, 5.74) is 3.57. The minimum Gasteiger partial charge on any atom is -0.316 e. The number of benzene rings is 2. The lowest BCUT2D eigenvalue weighted by atomic mass is 9.77. The van der Waals surface area contributed by atoms with Crippen LogP contribution >= 0.6 is 0 Å². The molecule has 196 valence electrons. The molecule has 2 aliphatic carbocycles. The lowest BCUT2D eigenvalue weighted by Crippen LogP contribution is -2.20. The van der Waals surface area contributed by atoms with E-state index in [0.717, 1.165) is 36.7 Å². The maximum absolute atomic E-state index is 14.7. The van der Waals surface area contributed by atoms with Crippen molar-refractivity contribution in [2.24, 2.45) is 11.8 Å². The van der Waals surface area contributed by atoms with Crippen LogP contribution in [0.3, 0.4) is 0 Å². The molecule has 0 saturated heterocycles. The molecule has 2 aliphatic rings. The van der Waals surface area contributed by atoms with Crippen LogP contribution < -0.4 is 0 Å². The fourth-order valence-electron chi connectivity index (χ4n) is 6.33. The summed E-state index contributed by atoms with van der Waals surface area (Å²) >= 11 is 0. The summed E-state index contributed by atoms with van der Waals surface area (Å²) in [7, 11) is 0. The molecule has 0 bridgehead atoms. The molecule has 0 unspecified atom stereocenters. The zero-order valence-electron chi connectivity index (χ0n) is 22.1. The third-order valence-corrected chi connectivity index (χ3v) is 8.89. The Morgan fingerprint density at radius 2 is 1.33 bits per heavy atom. The molecule has 0 aromatic heterocycles. The van der Waals surface area contributed by atoms with Gasteiger partial charge in [-0.25, -0.2) is 0 Å². The number of hydrogen-bond acceptors (Lipinski definition) is 1. The molecule has 3 heteroatoms. The fraction of sp³-hybridized carbons (Fsp3) is 0.576. The van der Waals surface area contributed by atoms with Gasteiger partial charge >= 0.3 is 6.11 Å². The summed E-state index contributed by atoms with van der Waals surface area (Å²) in [5.74, 6) is 2.81. The number of halogens is 2. The Hall–Kier alpha value is -2.00. The summed E-state index contributed by atoms with van der Waals surface area (Å²) in [6.45, 7) is 6.12. The lowest BCUT2D eigenvalue weighted by molar-refractivity contribution is -0.248. The van der Waals surface area contributed by atoms with Gasteiger partial charge in [-0.05, 0) is 111 Å². The maximum Gasteiger partial charge on any atom is 0.383 e. The van der Waals surface area contributed by atoms with E-state index in [1.165, 1.54) is 62.5 Å². The van der Waals surface area contributed by atoms with Crippen molar-refractivity contribution in [3.8, 4) is 0 Å². The van der Waals surface area contributed by atoms with E-state index in [1.807, 2.05) is 18.2 Å². The van der Waals surface area contributed by atoms with Gasteiger partial charge in [-0.15, -0.1) is 6.58 Å². The Balaban J connectivity index is 1.23. The summed E-state index contributed by atoms with van der Waals surface area (Å²) in [6.07, 6.45) is 12.7. The van der Waals surface area contributed by atoms with E-state index < -0.39 is 6.11 Å². The quantitative estimate of drug-likeness (QED) is 0.282. The first kappa shape index (κ1) is 27.0. The van der Waals surface area contributed by atoms with E-state index in [2.05, 4.69) is 37.8 Å². The van der Waals surface area contributed by atoms with E-state index in [4.69, 9.17) is 4.74 Å². The second-order valence-corrected chi connectivity index (χ2v) is 11.2. The molecule has 0 spiro atoms. The largest absolute Gasteiger partial charge is 0.383 e. The van der Waals surface area contributed by atoms with Crippen LogP contribution in [0.1, 0.15) is 112 Å². The van der Waals surface area contributed by atoms with Gasteiger partial charge in [-0.2, -0.15) is 8.78 Å². The topological polar surface area (TPSA) is 9.23 Å². The van der Waals surface area contributed by atoms with E-state index in [-0.39, 0.29) is 12.2 Å². The predicted molar refractivity (Wildman–Crippen MR) is 146 cm³/mol. The zero-order valence-corrected chi connectivity index (χ0v) is 22.1. The molecule has 0 atom stereocenters. The lowest BCUT2D eigenvalue weighted by Gasteiger charge is -2.29. The van der Waals surface area contributed by atoms with Crippen molar-refractivity contribution >= 4 is 0 Å². The zero-order chi connectivity index (χ0) is 25.4. The van der Waals surface area contributed by atoms with Crippen LogP contribution in [-0.4, -0.2) is 6.61 Å². The summed E-state index contributed by atoms with van der Waals surface area (Å²) in [4.78, 5) is 0. The predicted octanol–water partition coefficient (Wildman–Crippen LogP) is 9.92. The average molecular weight is 495 g/mol. The van der Waals surface area contributed by atoms with Crippen LogP contribution in [0.4, 0.5) is 8.78 Å². The van der Waals surface area contributed by atoms with Crippen molar-refractivity contribution in [2.45, 2.75) is 102 Å². The first-order valence-corrected chi connectivity index (χ1v) is 14.3. The minimum absolute atomic E-state index is 0.00439. The van der Waals surface area contributed by atoms with Crippen molar-refractivity contribution in [1.82, 2.24) is 0 Å². The van der Waals surface area contributed by atoms with E-state index in [1.54, 1.807) is 12.1 Å².